The molecule has 0 atom stereocenters. The van der Waals surface area contributed by atoms with Crippen molar-refractivity contribution in [3.63, 3.8) is 0 Å². The maximum absolute atomic E-state index is 14.2. The molecule has 0 saturated heterocycles. The van der Waals surface area contributed by atoms with E-state index < -0.39 is 0 Å². The standard InChI is InChI=1S/C15H15ClFN3S/c1-2-18-7-14-11(9-20-8-10(16)6-19-20)15-12(17)4-3-5-13(15)21-14/h3-6,8,18H,2,7,9H2,1H3. The van der Waals surface area contributed by atoms with E-state index in [9.17, 15) is 4.39 Å². The van der Waals surface area contributed by atoms with Crippen LogP contribution >= 0.6 is 22.9 Å². The lowest BCUT2D eigenvalue weighted by atomic mass is 10.1. The number of hydrogen-bond donors (Lipinski definition) is 1. The molecule has 0 aliphatic rings. The van der Waals surface area contributed by atoms with Gasteiger partial charge in [-0.2, -0.15) is 5.10 Å². The predicted octanol–water partition coefficient (Wildman–Crippen LogP) is 4.05. The predicted molar refractivity (Wildman–Crippen MR) is 85.5 cm³/mol. The van der Waals surface area contributed by atoms with E-state index in [0.717, 1.165) is 28.2 Å². The highest BCUT2D eigenvalue weighted by Crippen LogP contribution is 2.33. The van der Waals surface area contributed by atoms with Gasteiger partial charge in [0.2, 0.25) is 0 Å². The van der Waals surface area contributed by atoms with Crippen LogP contribution in [0.2, 0.25) is 5.02 Å². The number of halogens is 2. The van der Waals surface area contributed by atoms with Crippen LogP contribution in [0, 0.1) is 5.82 Å². The van der Waals surface area contributed by atoms with Crippen LogP contribution in [0.4, 0.5) is 4.39 Å². The Kier molecular flexibility index (Phi) is 4.24. The summed E-state index contributed by atoms with van der Waals surface area (Å²) >= 11 is 7.53. The molecule has 110 valence electrons. The van der Waals surface area contributed by atoms with Gasteiger partial charge in [-0.1, -0.05) is 24.6 Å². The van der Waals surface area contributed by atoms with Crippen molar-refractivity contribution >= 4 is 33.0 Å². The second-order valence-corrected chi connectivity index (χ2v) is 6.33. The zero-order chi connectivity index (χ0) is 14.8. The number of aromatic nitrogens is 2. The third-order valence-electron chi connectivity index (χ3n) is 3.30. The fourth-order valence-electron chi connectivity index (χ4n) is 2.35. The van der Waals surface area contributed by atoms with E-state index in [-0.39, 0.29) is 5.82 Å². The molecular weight excluding hydrogens is 309 g/mol. The van der Waals surface area contributed by atoms with E-state index >= 15 is 0 Å². The van der Waals surface area contributed by atoms with Gasteiger partial charge >= 0.3 is 0 Å². The van der Waals surface area contributed by atoms with E-state index in [1.54, 1.807) is 34.5 Å². The molecule has 21 heavy (non-hydrogen) atoms. The summed E-state index contributed by atoms with van der Waals surface area (Å²) in [5.74, 6) is -0.181. The van der Waals surface area contributed by atoms with Crippen molar-refractivity contribution in [1.29, 1.82) is 0 Å². The summed E-state index contributed by atoms with van der Waals surface area (Å²) in [7, 11) is 0. The minimum absolute atomic E-state index is 0.181. The molecule has 0 bridgehead atoms. The molecule has 1 N–H and O–H groups in total. The molecule has 0 amide bonds. The molecule has 3 rings (SSSR count). The van der Waals surface area contributed by atoms with Gasteiger partial charge in [0.25, 0.3) is 0 Å². The third kappa shape index (κ3) is 2.95. The molecule has 1 aromatic carbocycles. The van der Waals surface area contributed by atoms with Gasteiger partial charge in [-0.15, -0.1) is 11.3 Å². The van der Waals surface area contributed by atoms with Gasteiger partial charge in [0.1, 0.15) is 5.82 Å². The third-order valence-corrected chi connectivity index (χ3v) is 4.70. The molecule has 2 aromatic heterocycles. The van der Waals surface area contributed by atoms with E-state index in [2.05, 4.69) is 17.3 Å². The number of nitrogens with zero attached hydrogens (tertiary/aromatic N) is 2. The number of hydrogen-bond acceptors (Lipinski definition) is 3. The minimum atomic E-state index is -0.181. The lowest BCUT2D eigenvalue weighted by molar-refractivity contribution is 0.633. The Bertz CT molecular complexity index is 765. The average molecular weight is 324 g/mol. The van der Waals surface area contributed by atoms with Gasteiger partial charge in [-0.05, 0) is 24.2 Å². The van der Waals surface area contributed by atoms with Crippen molar-refractivity contribution in [3.05, 3.63) is 51.9 Å². The van der Waals surface area contributed by atoms with Gasteiger partial charge in [0.05, 0.1) is 17.8 Å². The van der Waals surface area contributed by atoms with Crippen LogP contribution in [0.3, 0.4) is 0 Å². The van der Waals surface area contributed by atoms with Crippen molar-refractivity contribution in [2.24, 2.45) is 0 Å². The molecule has 2 heterocycles. The van der Waals surface area contributed by atoms with Gasteiger partial charge in [-0.3, -0.25) is 4.68 Å². The maximum atomic E-state index is 14.2. The van der Waals surface area contributed by atoms with E-state index in [1.807, 2.05) is 6.07 Å². The van der Waals surface area contributed by atoms with Crippen molar-refractivity contribution in [2.45, 2.75) is 20.0 Å². The van der Waals surface area contributed by atoms with Crippen molar-refractivity contribution in [2.75, 3.05) is 6.54 Å². The summed E-state index contributed by atoms with van der Waals surface area (Å²) in [6, 6.07) is 5.21. The Hall–Kier alpha value is -1.43. The SMILES string of the molecule is CCNCc1sc2cccc(F)c2c1Cn1cc(Cl)cn1. The summed E-state index contributed by atoms with van der Waals surface area (Å²) in [5.41, 5.74) is 0.980. The zero-order valence-electron chi connectivity index (χ0n) is 11.6. The van der Waals surface area contributed by atoms with Crippen LogP contribution < -0.4 is 5.32 Å². The summed E-state index contributed by atoms with van der Waals surface area (Å²) in [4.78, 5) is 1.14. The number of rotatable bonds is 5. The highest BCUT2D eigenvalue weighted by molar-refractivity contribution is 7.19. The van der Waals surface area contributed by atoms with Crippen LogP contribution in [0.25, 0.3) is 10.1 Å². The molecule has 0 aliphatic heterocycles. The Morgan fingerprint density at radius 3 is 3.00 bits per heavy atom. The van der Waals surface area contributed by atoms with E-state index in [0.29, 0.717) is 17.0 Å². The number of fused-ring (bicyclic) bond motifs is 1. The fraction of sp³-hybridized carbons (Fsp3) is 0.267. The second kappa shape index (κ2) is 6.13. The first-order valence-electron chi connectivity index (χ1n) is 6.76. The fourth-order valence-corrected chi connectivity index (χ4v) is 3.71. The Labute approximate surface area is 131 Å². The van der Waals surface area contributed by atoms with Crippen molar-refractivity contribution in [3.8, 4) is 0 Å². The van der Waals surface area contributed by atoms with Gasteiger partial charge in [0, 0.05) is 27.7 Å². The lowest BCUT2D eigenvalue weighted by Crippen LogP contribution is -2.13. The van der Waals surface area contributed by atoms with Crippen LogP contribution in [-0.4, -0.2) is 16.3 Å². The van der Waals surface area contributed by atoms with Gasteiger partial charge in [0.15, 0.2) is 0 Å². The summed E-state index contributed by atoms with van der Waals surface area (Å²) in [6.07, 6.45) is 3.35. The Morgan fingerprint density at radius 1 is 1.43 bits per heavy atom. The highest BCUT2D eigenvalue weighted by atomic mass is 35.5. The number of thiophene rings is 1. The molecule has 0 unspecified atom stereocenters. The minimum Gasteiger partial charge on any atom is -0.312 e. The quantitative estimate of drug-likeness (QED) is 0.767. The van der Waals surface area contributed by atoms with Crippen molar-refractivity contribution in [1.82, 2.24) is 15.1 Å². The van der Waals surface area contributed by atoms with Gasteiger partial charge in [-0.25, -0.2) is 4.39 Å². The summed E-state index contributed by atoms with van der Waals surface area (Å²) in [5, 5.41) is 8.79. The van der Waals surface area contributed by atoms with E-state index in [4.69, 9.17) is 11.6 Å². The van der Waals surface area contributed by atoms with Crippen molar-refractivity contribution < 1.29 is 4.39 Å². The monoisotopic (exact) mass is 323 g/mol. The smallest absolute Gasteiger partial charge is 0.132 e. The molecule has 3 aromatic rings. The molecule has 0 saturated carbocycles. The summed E-state index contributed by atoms with van der Waals surface area (Å²) in [6.45, 7) is 4.19. The zero-order valence-corrected chi connectivity index (χ0v) is 13.1. The molecule has 0 radical (unpaired) electrons. The molecule has 3 nitrogen and oxygen atoms in total. The Balaban J connectivity index is 2.07. The normalized spacial score (nSPS) is 11.4. The largest absolute Gasteiger partial charge is 0.312 e. The maximum Gasteiger partial charge on any atom is 0.132 e. The second-order valence-electron chi connectivity index (χ2n) is 4.75. The summed E-state index contributed by atoms with van der Waals surface area (Å²) < 4.78 is 16.9. The first-order chi connectivity index (χ1) is 10.2. The van der Waals surface area contributed by atoms with Crippen LogP contribution in [0.15, 0.2) is 30.6 Å². The molecule has 6 heteroatoms. The number of benzene rings is 1. The topological polar surface area (TPSA) is 29.9 Å². The first kappa shape index (κ1) is 14.5. The highest BCUT2D eigenvalue weighted by Gasteiger charge is 2.16. The first-order valence-corrected chi connectivity index (χ1v) is 7.96. The molecule has 0 aliphatic carbocycles. The van der Waals surface area contributed by atoms with Crippen LogP contribution in [0.5, 0.6) is 0 Å². The van der Waals surface area contributed by atoms with E-state index in [1.165, 1.54) is 6.07 Å². The van der Waals surface area contributed by atoms with Crippen LogP contribution in [0.1, 0.15) is 17.4 Å². The number of nitrogens with one attached hydrogen (secondary N) is 1. The molecule has 0 fully saturated rings. The molecular formula is C15H15ClFN3S. The average Bonchev–Trinajstić information content (AvgIpc) is 3.02. The van der Waals surface area contributed by atoms with Gasteiger partial charge < -0.3 is 5.32 Å². The Morgan fingerprint density at radius 2 is 2.29 bits per heavy atom. The molecule has 0 spiro atoms. The van der Waals surface area contributed by atoms with Crippen LogP contribution in [-0.2, 0) is 13.1 Å². The lowest BCUT2D eigenvalue weighted by Gasteiger charge is -2.06.